The monoisotopic (exact) mass is 233 g/mol. The summed E-state index contributed by atoms with van der Waals surface area (Å²) in [7, 11) is -0.502. The Morgan fingerprint density at radius 2 is 1.18 bits per heavy atom. The molecule has 2 aromatic rings. The molecule has 17 heavy (non-hydrogen) atoms. The van der Waals surface area contributed by atoms with E-state index >= 15 is 0 Å². The van der Waals surface area contributed by atoms with E-state index in [4.69, 9.17) is 0 Å². The highest BCUT2D eigenvalue weighted by molar-refractivity contribution is 6.78. The lowest BCUT2D eigenvalue weighted by Gasteiger charge is -2.03. The van der Waals surface area contributed by atoms with Crippen LogP contribution in [0.15, 0.2) is 66.7 Å². The number of rotatable bonds is 1. The van der Waals surface area contributed by atoms with Gasteiger partial charge < -0.3 is 0 Å². The highest BCUT2D eigenvalue weighted by atomic mass is 28.3. The van der Waals surface area contributed by atoms with Crippen LogP contribution >= 0.6 is 0 Å². The van der Waals surface area contributed by atoms with E-state index in [0.717, 1.165) is 0 Å². The molecule has 2 atom stereocenters. The maximum absolute atomic E-state index is 2.44. The van der Waals surface area contributed by atoms with Gasteiger partial charge in [0.05, 0.1) is 5.19 Å². The molecule has 1 heteroatoms. The molecule has 2 aliphatic heterocycles. The SMILES string of the molecule is C1=C[C@H]2c3ccccc3[C@@H]1[Si+]2c1ccccc1. The summed E-state index contributed by atoms with van der Waals surface area (Å²) >= 11 is 0. The molecular formula is C16H13Si+. The summed E-state index contributed by atoms with van der Waals surface area (Å²) in [5.74, 6) is 0. The number of hydrogen-bond acceptors (Lipinski definition) is 0. The molecular weight excluding hydrogens is 220 g/mol. The molecule has 2 bridgehead atoms. The predicted molar refractivity (Wildman–Crippen MR) is 72.9 cm³/mol. The van der Waals surface area contributed by atoms with Crippen LogP contribution in [0.3, 0.4) is 0 Å². The van der Waals surface area contributed by atoms with Crippen molar-refractivity contribution in [3.05, 3.63) is 77.9 Å². The molecule has 0 nitrogen and oxygen atoms in total. The van der Waals surface area contributed by atoms with Crippen molar-refractivity contribution in [2.45, 2.75) is 11.1 Å². The topological polar surface area (TPSA) is 0 Å². The van der Waals surface area contributed by atoms with Crippen LogP contribution < -0.4 is 5.19 Å². The van der Waals surface area contributed by atoms with Gasteiger partial charge in [0.2, 0.25) is 0 Å². The van der Waals surface area contributed by atoms with Crippen molar-refractivity contribution in [1.82, 2.24) is 0 Å². The maximum atomic E-state index is 2.44. The minimum absolute atomic E-state index is 0.502. The third-order valence-corrected chi connectivity index (χ3v) is 7.29. The van der Waals surface area contributed by atoms with Crippen molar-refractivity contribution in [1.29, 1.82) is 0 Å². The summed E-state index contributed by atoms with van der Waals surface area (Å²) in [5, 5.41) is 1.58. The standard InChI is InChI=1S/C16H13Si/c1-2-6-12(7-3-1)17-15-10-11-16(17)14-9-5-4-8-13(14)15/h1-11,15-16H/q+1/t15-,16+. The number of benzene rings is 2. The Bertz CT molecular complexity index is 552. The molecule has 0 radical (unpaired) electrons. The summed E-state index contributed by atoms with van der Waals surface area (Å²) in [4.78, 5) is 0. The van der Waals surface area contributed by atoms with Crippen molar-refractivity contribution in [3.63, 3.8) is 0 Å². The minimum Gasteiger partial charge on any atom is -0.0621 e. The van der Waals surface area contributed by atoms with Crippen molar-refractivity contribution >= 4 is 14.0 Å². The van der Waals surface area contributed by atoms with E-state index in [1.165, 1.54) is 0 Å². The molecule has 0 spiro atoms. The van der Waals surface area contributed by atoms with Crippen LogP contribution in [0.25, 0.3) is 0 Å². The van der Waals surface area contributed by atoms with Crippen molar-refractivity contribution in [2.75, 3.05) is 0 Å². The van der Waals surface area contributed by atoms with Crippen LogP contribution in [0.4, 0.5) is 0 Å². The van der Waals surface area contributed by atoms with Gasteiger partial charge in [-0.1, -0.05) is 42.5 Å². The fourth-order valence-electron chi connectivity index (χ4n) is 3.23. The lowest BCUT2D eigenvalue weighted by molar-refractivity contribution is 1.13. The van der Waals surface area contributed by atoms with Crippen molar-refractivity contribution < 1.29 is 0 Å². The molecule has 0 fully saturated rings. The second-order valence-electron chi connectivity index (χ2n) is 4.79. The summed E-state index contributed by atoms with van der Waals surface area (Å²) < 4.78 is 0. The molecule has 2 aromatic carbocycles. The minimum atomic E-state index is -0.502. The molecule has 80 valence electrons. The molecule has 4 rings (SSSR count). The van der Waals surface area contributed by atoms with E-state index in [9.17, 15) is 0 Å². The van der Waals surface area contributed by atoms with Crippen LogP contribution in [0, 0.1) is 0 Å². The first-order valence-corrected chi connectivity index (χ1v) is 7.80. The predicted octanol–water partition coefficient (Wildman–Crippen LogP) is 2.92. The second kappa shape index (κ2) is 3.44. The van der Waals surface area contributed by atoms with Gasteiger partial charge >= 0.3 is 8.80 Å². The summed E-state index contributed by atoms with van der Waals surface area (Å²) in [6.45, 7) is 0. The maximum Gasteiger partial charge on any atom is 0.377 e. The normalized spacial score (nSPS) is 24.1. The van der Waals surface area contributed by atoms with Gasteiger partial charge in [-0.3, -0.25) is 0 Å². The summed E-state index contributed by atoms with van der Waals surface area (Å²) in [5.41, 5.74) is 4.56. The van der Waals surface area contributed by atoms with Gasteiger partial charge in [-0.05, 0) is 35.4 Å². The number of fused-ring (bicyclic) bond motifs is 5. The summed E-state index contributed by atoms with van der Waals surface area (Å²) in [6, 6.07) is 20.1. The quantitative estimate of drug-likeness (QED) is 0.525. The van der Waals surface area contributed by atoms with Gasteiger partial charge in [0.15, 0.2) is 0 Å². The molecule has 0 N–H and O–H groups in total. The van der Waals surface area contributed by atoms with Gasteiger partial charge in [-0.15, -0.1) is 0 Å². The third-order valence-electron chi connectivity index (χ3n) is 3.94. The average Bonchev–Trinajstić information content (AvgIpc) is 2.97. The Morgan fingerprint density at radius 3 is 1.76 bits per heavy atom. The van der Waals surface area contributed by atoms with Gasteiger partial charge in [0.1, 0.15) is 11.1 Å². The van der Waals surface area contributed by atoms with Gasteiger partial charge in [-0.2, -0.15) is 0 Å². The molecule has 0 amide bonds. The lowest BCUT2D eigenvalue weighted by atomic mass is 9.97. The van der Waals surface area contributed by atoms with Crippen LogP contribution in [-0.4, -0.2) is 8.80 Å². The fraction of sp³-hybridized carbons (Fsp3) is 0.125. The van der Waals surface area contributed by atoms with E-state index in [0.29, 0.717) is 11.1 Å². The van der Waals surface area contributed by atoms with E-state index in [1.54, 1.807) is 16.3 Å². The molecule has 0 aromatic heterocycles. The highest BCUT2D eigenvalue weighted by Gasteiger charge is 2.57. The van der Waals surface area contributed by atoms with Crippen LogP contribution in [0.5, 0.6) is 0 Å². The molecule has 2 aliphatic rings. The average molecular weight is 233 g/mol. The second-order valence-corrected chi connectivity index (χ2v) is 7.52. The van der Waals surface area contributed by atoms with Gasteiger partial charge in [0.25, 0.3) is 0 Å². The molecule has 0 saturated carbocycles. The largest absolute Gasteiger partial charge is 0.377 e. The van der Waals surface area contributed by atoms with Crippen molar-refractivity contribution in [2.24, 2.45) is 0 Å². The zero-order chi connectivity index (χ0) is 11.2. The molecule has 0 aliphatic carbocycles. The van der Waals surface area contributed by atoms with Crippen molar-refractivity contribution in [3.8, 4) is 0 Å². The van der Waals surface area contributed by atoms with Crippen LogP contribution in [0.1, 0.15) is 22.2 Å². The first-order valence-electron chi connectivity index (χ1n) is 6.14. The van der Waals surface area contributed by atoms with E-state index in [2.05, 4.69) is 66.7 Å². The summed E-state index contributed by atoms with van der Waals surface area (Å²) in [6.07, 6.45) is 4.88. The number of hydrogen-bond donors (Lipinski definition) is 0. The van der Waals surface area contributed by atoms with Crippen LogP contribution in [-0.2, 0) is 0 Å². The lowest BCUT2D eigenvalue weighted by Crippen LogP contribution is -2.34. The van der Waals surface area contributed by atoms with Gasteiger partial charge in [0, 0.05) is 0 Å². The fourth-order valence-corrected chi connectivity index (χ4v) is 6.75. The molecule has 0 saturated heterocycles. The molecule has 2 heterocycles. The Balaban J connectivity index is 1.85. The Kier molecular flexibility index (Phi) is 1.91. The Labute approximate surface area is 103 Å². The molecule has 0 unspecified atom stereocenters. The van der Waals surface area contributed by atoms with E-state index < -0.39 is 8.80 Å². The Hall–Kier alpha value is -1.60. The third kappa shape index (κ3) is 1.23. The smallest absolute Gasteiger partial charge is 0.0621 e. The van der Waals surface area contributed by atoms with Crippen LogP contribution in [0.2, 0.25) is 0 Å². The number of allylic oxidation sites excluding steroid dienone is 2. The Morgan fingerprint density at radius 1 is 0.647 bits per heavy atom. The highest BCUT2D eigenvalue weighted by Crippen LogP contribution is 2.46. The van der Waals surface area contributed by atoms with Gasteiger partial charge in [-0.25, -0.2) is 0 Å². The zero-order valence-corrected chi connectivity index (χ0v) is 10.5. The zero-order valence-electron chi connectivity index (χ0n) is 9.51. The first kappa shape index (κ1) is 9.43. The van der Waals surface area contributed by atoms with E-state index in [-0.39, 0.29) is 0 Å². The first-order chi connectivity index (χ1) is 8.45. The van der Waals surface area contributed by atoms with E-state index in [1.807, 2.05) is 0 Å².